The average molecular weight is 334 g/mol. The zero-order chi connectivity index (χ0) is 15.8. The Labute approximate surface area is 123 Å². The molecule has 0 N–H and O–H groups in total. The van der Waals surface area contributed by atoms with E-state index in [0.29, 0.717) is 11.1 Å². The molecule has 10 heteroatoms. The van der Waals surface area contributed by atoms with Crippen molar-refractivity contribution in [2.45, 2.75) is 18.4 Å². The molecule has 2 rings (SSSR count). The van der Waals surface area contributed by atoms with Gasteiger partial charge in [0.25, 0.3) is 9.05 Å². The number of nitrogens with zero attached hydrogens (tertiary/aromatic N) is 3. The van der Waals surface area contributed by atoms with Gasteiger partial charge in [-0.05, 0) is 35.1 Å². The van der Waals surface area contributed by atoms with Crippen molar-refractivity contribution in [3.63, 3.8) is 0 Å². The summed E-state index contributed by atoms with van der Waals surface area (Å²) >= 11 is 0. The maximum atomic E-state index is 13.0. The van der Waals surface area contributed by atoms with Gasteiger partial charge >= 0.3 is 5.82 Å². The van der Waals surface area contributed by atoms with Crippen LogP contribution >= 0.6 is 10.7 Å². The van der Waals surface area contributed by atoms with Crippen molar-refractivity contribution in [2.75, 3.05) is 0 Å². The standard InChI is InChI=1S/C11H9ClFN3O4S/c1-7-4-9(13)3-2-8(7)5-15-6-10(21(12,19)20)11(14-15)16(17)18/h2-4,6H,5H2,1H3. The van der Waals surface area contributed by atoms with Crippen LogP contribution in [-0.2, 0) is 15.6 Å². The number of aromatic nitrogens is 2. The molecular formula is C11H9ClFN3O4S. The minimum Gasteiger partial charge on any atom is -0.358 e. The van der Waals surface area contributed by atoms with Crippen LogP contribution in [0, 0.1) is 22.9 Å². The fourth-order valence-electron chi connectivity index (χ4n) is 1.78. The van der Waals surface area contributed by atoms with Crippen LogP contribution in [0.2, 0.25) is 0 Å². The Balaban J connectivity index is 2.44. The van der Waals surface area contributed by atoms with Gasteiger partial charge < -0.3 is 10.1 Å². The lowest BCUT2D eigenvalue weighted by Crippen LogP contribution is -2.03. The first-order valence-electron chi connectivity index (χ1n) is 5.60. The fraction of sp³-hybridized carbons (Fsp3) is 0.182. The number of benzene rings is 1. The summed E-state index contributed by atoms with van der Waals surface area (Å²) in [5.41, 5.74) is 1.26. The van der Waals surface area contributed by atoms with E-state index in [1.54, 1.807) is 6.92 Å². The lowest BCUT2D eigenvalue weighted by molar-refractivity contribution is -0.392. The maximum absolute atomic E-state index is 13.0. The highest BCUT2D eigenvalue weighted by atomic mass is 35.7. The summed E-state index contributed by atoms with van der Waals surface area (Å²) < 4.78 is 36.7. The molecule has 1 heterocycles. The van der Waals surface area contributed by atoms with Crippen molar-refractivity contribution in [1.29, 1.82) is 0 Å². The van der Waals surface area contributed by atoms with Gasteiger partial charge in [-0.1, -0.05) is 6.07 Å². The van der Waals surface area contributed by atoms with E-state index >= 15 is 0 Å². The molecule has 112 valence electrons. The van der Waals surface area contributed by atoms with Gasteiger partial charge in [0.15, 0.2) is 0 Å². The van der Waals surface area contributed by atoms with Crippen molar-refractivity contribution in [2.24, 2.45) is 0 Å². The summed E-state index contributed by atoms with van der Waals surface area (Å²) in [7, 11) is 0.861. The number of hydrogen-bond acceptors (Lipinski definition) is 5. The molecule has 0 amide bonds. The predicted molar refractivity (Wildman–Crippen MR) is 72.2 cm³/mol. The van der Waals surface area contributed by atoms with Gasteiger partial charge in [0.05, 0.1) is 17.8 Å². The van der Waals surface area contributed by atoms with Crippen molar-refractivity contribution in [1.82, 2.24) is 9.78 Å². The van der Waals surface area contributed by atoms with Crippen LogP contribution in [0.5, 0.6) is 0 Å². The Bertz CT molecular complexity index is 819. The number of halogens is 2. The molecule has 0 aliphatic carbocycles. The number of rotatable bonds is 4. The summed E-state index contributed by atoms with van der Waals surface area (Å²) in [6, 6.07) is 4.03. The molecule has 0 aliphatic heterocycles. The molecule has 21 heavy (non-hydrogen) atoms. The molecule has 0 fully saturated rings. The normalized spacial score (nSPS) is 11.6. The molecule has 0 saturated heterocycles. The van der Waals surface area contributed by atoms with Crippen molar-refractivity contribution >= 4 is 25.6 Å². The average Bonchev–Trinajstić information content (AvgIpc) is 2.77. The van der Waals surface area contributed by atoms with Crippen LogP contribution in [-0.4, -0.2) is 23.1 Å². The molecule has 1 aromatic heterocycles. The van der Waals surface area contributed by atoms with Gasteiger partial charge in [-0.25, -0.2) is 12.8 Å². The summed E-state index contributed by atoms with van der Waals surface area (Å²) in [5, 5.41) is 14.4. The molecule has 0 spiro atoms. The second kappa shape index (κ2) is 5.41. The van der Waals surface area contributed by atoms with E-state index in [0.717, 1.165) is 10.9 Å². The second-order valence-electron chi connectivity index (χ2n) is 4.28. The van der Waals surface area contributed by atoms with Crippen LogP contribution in [0.4, 0.5) is 10.2 Å². The van der Waals surface area contributed by atoms with E-state index in [2.05, 4.69) is 5.10 Å². The summed E-state index contributed by atoms with van der Waals surface area (Å²) in [4.78, 5) is 9.20. The third-order valence-electron chi connectivity index (χ3n) is 2.78. The zero-order valence-electron chi connectivity index (χ0n) is 10.7. The number of aryl methyl sites for hydroxylation is 1. The Kier molecular flexibility index (Phi) is 3.97. The van der Waals surface area contributed by atoms with E-state index in [1.165, 1.54) is 18.2 Å². The van der Waals surface area contributed by atoms with Crippen LogP contribution < -0.4 is 0 Å². The topological polar surface area (TPSA) is 95.1 Å². The molecule has 2 aromatic rings. The van der Waals surface area contributed by atoms with E-state index in [-0.39, 0.29) is 6.54 Å². The maximum Gasteiger partial charge on any atom is 0.410 e. The van der Waals surface area contributed by atoms with E-state index in [9.17, 15) is 22.9 Å². The van der Waals surface area contributed by atoms with E-state index in [4.69, 9.17) is 10.7 Å². The Morgan fingerprint density at radius 3 is 2.62 bits per heavy atom. The summed E-state index contributed by atoms with van der Waals surface area (Å²) in [6.07, 6.45) is 0.975. The van der Waals surface area contributed by atoms with E-state index in [1.807, 2.05) is 0 Å². The largest absolute Gasteiger partial charge is 0.410 e. The van der Waals surface area contributed by atoms with Crippen LogP contribution in [0.15, 0.2) is 29.3 Å². The first-order valence-corrected chi connectivity index (χ1v) is 7.91. The smallest absolute Gasteiger partial charge is 0.358 e. The quantitative estimate of drug-likeness (QED) is 0.485. The van der Waals surface area contributed by atoms with Gasteiger partial charge in [0.1, 0.15) is 5.82 Å². The number of hydrogen-bond donors (Lipinski definition) is 0. The predicted octanol–water partition coefficient (Wildman–Crippen LogP) is 2.21. The molecule has 1 aromatic carbocycles. The summed E-state index contributed by atoms with van der Waals surface area (Å²) in [6.45, 7) is 1.72. The number of nitro groups is 1. The van der Waals surface area contributed by atoms with Crippen LogP contribution in [0.3, 0.4) is 0 Å². The van der Waals surface area contributed by atoms with Gasteiger partial charge in [-0.2, -0.15) is 4.68 Å². The van der Waals surface area contributed by atoms with Crippen LogP contribution in [0.25, 0.3) is 0 Å². The van der Waals surface area contributed by atoms with Crippen molar-refractivity contribution in [3.05, 3.63) is 51.5 Å². The SMILES string of the molecule is Cc1cc(F)ccc1Cn1cc(S(=O)(=O)Cl)c([N+](=O)[O-])n1. The van der Waals surface area contributed by atoms with Crippen molar-refractivity contribution in [3.8, 4) is 0 Å². The second-order valence-corrected chi connectivity index (χ2v) is 6.81. The molecule has 0 saturated carbocycles. The molecule has 0 atom stereocenters. The highest BCUT2D eigenvalue weighted by molar-refractivity contribution is 8.13. The monoisotopic (exact) mass is 333 g/mol. The first kappa shape index (κ1) is 15.4. The van der Waals surface area contributed by atoms with Crippen LogP contribution in [0.1, 0.15) is 11.1 Å². The lowest BCUT2D eigenvalue weighted by Gasteiger charge is -2.03. The fourth-order valence-corrected chi connectivity index (χ4v) is 2.69. The van der Waals surface area contributed by atoms with E-state index < -0.39 is 30.5 Å². The first-order chi connectivity index (χ1) is 9.68. The molecular weight excluding hydrogens is 325 g/mol. The third-order valence-corrected chi connectivity index (χ3v) is 4.09. The van der Waals surface area contributed by atoms with Gasteiger partial charge in [-0.15, -0.1) is 0 Å². The molecule has 0 unspecified atom stereocenters. The minimum atomic E-state index is -4.28. The lowest BCUT2D eigenvalue weighted by atomic mass is 10.1. The van der Waals surface area contributed by atoms with Gasteiger partial charge in [0, 0.05) is 10.7 Å². The highest BCUT2D eigenvalue weighted by Crippen LogP contribution is 2.25. The molecule has 7 nitrogen and oxygen atoms in total. The Morgan fingerprint density at radius 2 is 2.14 bits per heavy atom. The molecule has 0 aliphatic rings. The molecule has 0 radical (unpaired) electrons. The Hall–Kier alpha value is -2.00. The van der Waals surface area contributed by atoms with Gasteiger partial charge in [-0.3, -0.25) is 0 Å². The summed E-state index contributed by atoms with van der Waals surface area (Å²) in [5.74, 6) is -1.25. The van der Waals surface area contributed by atoms with Gasteiger partial charge in [0.2, 0.25) is 4.90 Å². The highest BCUT2D eigenvalue weighted by Gasteiger charge is 2.30. The third kappa shape index (κ3) is 3.37. The zero-order valence-corrected chi connectivity index (χ0v) is 12.2. The Morgan fingerprint density at radius 1 is 1.48 bits per heavy atom. The molecule has 0 bridgehead atoms. The minimum absolute atomic E-state index is 0.0549. The van der Waals surface area contributed by atoms with Crippen molar-refractivity contribution < 1.29 is 17.7 Å².